The molecule has 0 N–H and O–H groups in total. The summed E-state index contributed by atoms with van der Waals surface area (Å²) in [4.78, 5) is 0. The van der Waals surface area contributed by atoms with Crippen LogP contribution in [0.3, 0.4) is 0 Å². The van der Waals surface area contributed by atoms with E-state index in [4.69, 9.17) is 0 Å². The number of benzene rings is 2. The number of aryl methyl sites for hydroxylation is 4. The molecule has 158 valence electrons. The second-order valence-electron chi connectivity index (χ2n) is 7.79. The van der Waals surface area contributed by atoms with E-state index in [-0.39, 0.29) is 25.8 Å². The molecule has 0 nitrogen and oxygen atoms in total. The van der Waals surface area contributed by atoms with Gasteiger partial charge in [-0.15, -0.1) is 81.2 Å². The fourth-order valence-electron chi connectivity index (χ4n) is 4.02. The van der Waals surface area contributed by atoms with Crippen LogP contribution in [0.1, 0.15) is 48.9 Å². The monoisotopic (exact) mass is 580 g/mol. The fraction of sp³-hybridized carbons (Fsp3) is 0.357. The summed E-state index contributed by atoms with van der Waals surface area (Å²) in [7, 11) is 1.08. The maximum atomic E-state index is 2.29. The molecular weight excluding hydrogens is 543 g/mol. The van der Waals surface area contributed by atoms with E-state index < -0.39 is 0 Å². The summed E-state index contributed by atoms with van der Waals surface area (Å²) >= 11 is 0. The molecule has 0 amide bonds. The van der Waals surface area contributed by atoms with Crippen molar-refractivity contribution in [1.29, 1.82) is 0 Å². The molecule has 0 fully saturated rings. The van der Waals surface area contributed by atoms with Gasteiger partial charge in [0.15, 0.2) is 0 Å². The zero-order chi connectivity index (χ0) is 21.2. The molecule has 0 aliphatic heterocycles. The summed E-state index contributed by atoms with van der Waals surface area (Å²) in [5.74, 6) is 0. The van der Waals surface area contributed by atoms with Crippen LogP contribution < -0.4 is 0 Å². The van der Waals surface area contributed by atoms with E-state index in [1.807, 2.05) is 0 Å². The van der Waals surface area contributed by atoms with Crippen molar-refractivity contribution in [3.63, 3.8) is 0 Å². The molecule has 4 aromatic carbocycles. The van der Waals surface area contributed by atoms with Gasteiger partial charge >= 0.3 is 0 Å². The largest absolute Gasteiger partial charge is 0.150 e. The van der Waals surface area contributed by atoms with Crippen LogP contribution in [-0.2, 0) is 38.7 Å². The van der Waals surface area contributed by atoms with Gasteiger partial charge in [-0.25, -0.2) is 0 Å². The minimum Gasteiger partial charge on any atom is -0.150 e. The Bertz CT molecular complexity index is 924. The first-order valence-corrected chi connectivity index (χ1v) is 12.9. The van der Waals surface area contributed by atoms with Crippen molar-refractivity contribution in [2.45, 2.75) is 66.5 Å². The van der Waals surface area contributed by atoms with Gasteiger partial charge in [0, 0.05) is 35.4 Å². The number of fused-ring (bicyclic) bond motifs is 2. The molecule has 0 aromatic heterocycles. The predicted octanol–water partition coefficient (Wildman–Crippen LogP) is 8.42. The van der Waals surface area contributed by atoms with Gasteiger partial charge in [-0.1, -0.05) is 78.6 Å². The van der Waals surface area contributed by atoms with Crippen molar-refractivity contribution in [3.05, 3.63) is 82.9 Å². The van der Waals surface area contributed by atoms with Gasteiger partial charge in [0.2, 0.25) is 0 Å². The molecule has 0 spiro atoms. The molecule has 2 heteroatoms. The minimum atomic E-state index is 0. The second kappa shape index (κ2) is 13.9. The van der Waals surface area contributed by atoms with Gasteiger partial charge in [-0.05, 0) is 0 Å². The van der Waals surface area contributed by atoms with Crippen molar-refractivity contribution in [2.24, 2.45) is 0 Å². The Morgan fingerprint density at radius 3 is 1.33 bits per heavy atom. The third-order valence-corrected chi connectivity index (χ3v) is 5.27. The van der Waals surface area contributed by atoms with Crippen molar-refractivity contribution < 1.29 is 25.8 Å². The molecule has 0 saturated heterocycles. The van der Waals surface area contributed by atoms with Gasteiger partial charge in [-0.3, -0.25) is 0 Å². The van der Waals surface area contributed by atoms with Gasteiger partial charge in [0.25, 0.3) is 0 Å². The van der Waals surface area contributed by atoms with Crippen LogP contribution in [0.15, 0.2) is 60.7 Å². The molecule has 4 rings (SSSR count). The molecule has 0 atom stereocenters. The summed E-state index contributed by atoms with van der Waals surface area (Å²) in [6.45, 7) is 13.2. The number of hydrogen-bond donors (Lipinski definition) is 0. The third-order valence-electron chi connectivity index (χ3n) is 5.27. The van der Waals surface area contributed by atoms with Crippen LogP contribution in [0.2, 0.25) is 13.1 Å². The quantitative estimate of drug-likeness (QED) is 0.168. The first kappa shape index (κ1) is 26.8. The van der Waals surface area contributed by atoms with E-state index in [1.165, 1.54) is 69.5 Å². The zero-order valence-electron chi connectivity index (χ0n) is 19.6. The Labute approximate surface area is 205 Å². The summed E-state index contributed by atoms with van der Waals surface area (Å²) in [6, 6.07) is 21.9. The van der Waals surface area contributed by atoms with Crippen LogP contribution in [0.4, 0.5) is 0 Å². The van der Waals surface area contributed by atoms with Gasteiger partial charge < -0.3 is 0 Å². The topological polar surface area (TPSA) is 0 Å². The summed E-state index contributed by atoms with van der Waals surface area (Å²) in [5.41, 5.74) is 5.97. The average Bonchev–Trinajstić information content (AvgIpc) is 3.20. The SMILES string of the molecule is CCCc1c(C)[cH-]c2ccccc12.CCCc1c(C)[cH-]c2ccccc12.C[Si]C.[Hf]. The molecule has 2 radical (unpaired) electrons. The number of hydrogen-bond acceptors (Lipinski definition) is 0. The second-order valence-corrected chi connectivity index (χ2v) is 8.79. The maximum Gasteiger partial charge on any atom is 0.0307 e. The van der Waals surface area contributed by atoms with Crippen molar-refractivity contribution >= 4 is 31.1 Å². The molecule has 4 aromatic rings. The third kappa shape index (κ3) is 6.89. The molecule has 30 heavy (non-hydrogen) atoms. The molecule has 0 aliphatic carbocycles. The Morgan fingerprint density at radius 2 is 1.00 bits per heavy atom. The van der Waals surface area contributed by atoms with E-state index in [0.29, 0.717) is 0 Å². The molecular formula is C28H36HfSi-2. The van der Waals surface area contributed by atoms with E-state index >= 15 is 0 Å². The molecule has 0 bridgehead atoms. The van der Waals surface area contributed by atoms with Gasteiger partial charge in [-0.2, -0.15) is 11.1 Å². The van der Waals surface area contributed by atoms with Crippen LogP contribution in [0.25, 0.3) is 21.5 Å². The van der Waals surface area contributed by atoms with Crippen molar-refractivity contribution in [2.75, 3.05) is 0 Å². The van der Waals surface area contributed by atoms with Crippen LogP contribution in [0, 0.1) is 13.8 Å². The Balaban J connectivity index is 0.000000258. The first-order chi connectivity index (χ1) is 14.1. The van der Waals surface area contributed by atoms with Crippen molar-refractivity contribution in [3.8, 4) is 0 Å². The van der Waals surface area contributed by atoms with Gasteiger partial charge in [0.05, 0.1) is 0 Å². The van der Waals surface area contributed by atoms with E-state index in [2.05, 4.69) is 101 Å². The van der Waals surface area contributed by atoms with E-state index in [1.54, 1.807) is 0 Å². The summed E-state index contributed by atoms with van der Waals surface area (Å²) < 4.78 is 0. The summed E-state index contributed by atoms with van der Waals surface area (Å²) in [6.07, 6.45) is 4.88. The normalized spacial score (nSPS) is 10.1. The molecule has 0 saturated carbocycles. The van der Waals surface area contributed by atoms with Crippen LogP contribution in [0.5, 0.6) is 0 Å². The van der Waals surface area contributed by atoms with Crippen molar-refractivity contribution in [1.82, 2.24) is 0 Å². The zero-order valence-corrected chi connectivity index (χ0v) is 24.2. The first-order valence-electron chi connectivity index (χ1n) is 10.9. The standard InChI is InChI=1S/2C13H15.C2H6Si.Hf/c2*1-3-6-12-10(2)9-11-7-4-5-8-13(11)12;1-3-2;/h2*4-5,7-9H,3,6H2,1-2H3;1-2H3;/q2*-1;;. The van der Waals surface area contributed by atoms with E-state index in [0.717, 1.165) is 9.52 Å². The fourth-order valence-corrected chi connectivity index (χ4v) is 4.02. The molecule has 0 unspecified atom stereocenters. The smallest absolute Gasteiger partial charge is 0.0307 e. The Hall–Kier alpha value is -1.25. The minimum absolute atomic E-state index is 0. The van der Waals surface area contributed by atoms with Gasteiger partial charge in [0.1, 0.15) is 0 Å². The van der Waals surface area contributed by atoms with Crippen LogP contribution >= 0.6 is 0 Å². The number of rotatable bonds is 4. The average molecular weight is 579 g/mol. The Morgan fingerprint density at radius 1 is 0.667 bits per heavy atom. The van der Waals surface area contributed by atoms with E-state index in [9.17, 15) is 0 Å². The summed E-state index contributed by atoms with van der Waals surface area (Å²) in [5, 5.41) is 5.68. The molecule has 0 aliphatic rings. The van der Waals surface area contributed by atoms with Crippen LogP contribution in [-0.4, -0.2) is 9.52 Å². The maximum absolute atomic E-state index is 2.29. The Kier molecular flexibility index (Phi) is 12.4. The molecule has 0 heterocycles. The predicted molar refractivity (Wildman–Crippen MR) is 134 cm³/mol.